The van der Waals surface area contributed by atoms with E-state index in [1.165, 1.54) is 18.2 Å². The SMILES string of the molecule is O=C(Nc1nnc(-c2ccc(Cl)cc2)o1)c1ccc2[nH]c(=O)c(=O)[nH]c2c1. The number of aromatic nitrogens is 4. The van der Waals surface area contributed by atoms with E-state index in [2.05, 4.69) is 25.5 Å². The van der Waals surface area contributed by atoms with Gasteiger partial charge in [-0.05, 0) is 42.5 Å². The van der Waals surface area contributed by atoms with Crippen LogP contribution in [0.25, 0.3) is 22.5 Å². The fourth-order valence-electron chi connectivity index (χ4n) is 2.41. The van der Waals surface area contributed by atoms with E-state index < -0.39 is 17.0 Å². The zero-order valence-corrected chi connectivity index (χ0v) is 14.2. The van der Waals surface area contributed by atoms with Gasteiger partial charge in [0.2, 0.25) is 5.89 Å². The molecule has 0 saturated carbocycles. The fraction of sp³-hybridized carbons (Fsp3) is 0. The van der Waals surface area contributed by atoms with Crippen molar-refractivity contribution in [3.05, 3.63) is 73.8 Å². The van der Waals surface area contributed by atoms with Gasteiger partial charge in [0.25, 0.3) is 5.91 Å². The number of fused-ring (bicyclic) bond motifs is 1. The Kier molecular flexibility index (Phi) is 4.05. The van der Waals surface area contributed by atoms with Crippen molar-refractivity contribution in [2.75, 3.05) is 5.32 Å². The Labute approximate surface area is 155 Å². The van der Waals surface area contributed by atoms with Crippen LogP contribution in [0.1, 0.15) is 10.4 Å². The van der Waals surface area contributed by atoms with Crippen LogP contribution >= 0.6 is 11.6 Å². The van der Waals surface area contributed by atoms with Gasteiger partial charge in [0, 0.05) is 16.1 Å². The van der Waals surface area contributed by atoms with Gasteiger partial charge in [0.05, 0.1) is 11.0 Å². The molecule has 0 radical (unpaired) electrons. The summed E-state index contributed by atoms with van der Waals surface area (Å²) < 4.78 is 5.42. The fourth-order valence-corrected chi connectivity index (χ4v) is 2.53. The Morgan fingerprint density at radius 2 is 1.67 bits per heavy atom. The second kappa shape index (κ2) is 6.54. The van der Waals surface area contributed by atoms with Crippen LogP contribution in [0.2, 0.25) is 5.02 Å². The number of nitrogens with zero attached hydrogens (tertiary/aromatic N) is 2. The molecule has 0 saturated heterocycles. The summed E-state index contributed by atoms with van der Waals surface area (Å²) in [4.78, 5) is 39.9. The molecule has 4 aromatic rings. The summed E-state index contributed by atoms with van der Waals surface area (Å²) in [6, 6.07) is 11.1. The smallest absolute Gasteiger partial charge is 0.322 e. The van der Waals surface area contributed by atoms with Crippen molar-refractivity contribution >= 4 is 34.6 Å². The molecular weight excluding hydrogens is 374 g/mol. The van der Waals surface area contributed by atoms with Gasteiger partial charge in [-0.2, -0.15) is 0 Å². The highest BCUT2D eigenvalue weighted by Crippen LogP contribution is 2.22. The summed E-state index contributed by atoms with van der Waals surface area (Å²) in [6.45, 7) is 0. The number of anilines is 1. The Hall–Kier alpha value is -3.72. The topological polar surface area (TPSA) is 134 Å². The van der Waals surface area contributed by atoms with Gasteiger partial charge < -0.3 is 14.4 Å². The number of carbonyl (C=O) groups excluding carboxylic acids is 1. The Bertz CT molecular complexity index is 1270. The highest BCUT2D eigenvalue weighted by Gasteiger charge is 2.13. The molecule has 9 nitrogen and oxygen atoms in total. The van der Waals surface area contributed by atoms with Gasteiger partial charge >= 0.3 is 17.1 Å². The minimum absolute atomic E-state index is 0.0833. The third kappa shape index (κ3) is 3.35. The summed E-state index contributed by atoms with van der Waals surface area (Å²) in [7, 11) is 0. The van der Waals surface area contributed by atoms with Gasteiger partial charge in [-0.15, -0.1) is 5.10 Å². The lowest BCUT2D eigenvalue weighted by Gasteiger charge is -2.02. The van der Waals surface area contributed by atoms with Gasteiger partial charge in [-0.1, -0.05) is 16.7 Å². The van der Waals surface area contributed by atoms with E-state index in [-0.39, 0.29) is 17.5 Å². The zero-order valence-electron chi connectivity index (χ0n) is 13.4. The van der Waals surface area contributed by atoms with E-state index in [1.807, 2.05) is 0 Å². The normalized spacial score (nSPS) is 10.9. The number of benzene rings is 2. The van der Waals surface area contributed by atoms with Crippen LogP contribution in [0.3, 0.4) is 0 Å². The molecule has 3 N–H and O–H groups in total. The summed E-state index contributed by atoms with van der Waals surface area (Å²) in [5.74, 6) is -0.294. The number of amides is 1. The van der Waals surface area contributed by atoms with Crippen LogP contribution in [0.15, 0.2) is 56.5 Å². The molecule has 0 aliphatic carbocycles. The number of hydrogen-bond acceptors (Lipinski definition) is 6. The van der Waals surface area contributed by atoms with E-state index in [4.69, 9.17) is 16.0 Å². The first-order valence-electron chi connectivity index (χ1n) is 7.67. The standard InChI is InChI=1S/C17H10ClN5O4/c18-10-4-1-8(2-5-10)16-22-23-17(27-16)21-13(24)9-3-6-11-12(7-9)20-15(26)14(25)19-11/h1-7H,(H,19,25)(H,20,26)(H,21,23,24). The van der Waals surface area contributed by atoms with Crippen LogP contribution in [-0.4, -0.2) is 26.1 Å². The third-order valence-electron chi connectivity index (χ3n) is 3.72. The minimum atomic E-state index is -0.801. The van der Waals surface area contributed by atoms with Crippen molar-refractivity contribution in [3.63, 3.8) is 0 Å². The van der Waals surface area contributed by atoms with Crippen LogP contribution in [0.5, 0.6) is 0 Å². The lowest BCUT2D eigenvalue weighted by molar-refractivity contribution is 0.102. The van der Waals surface area contributed by atoms with Crippen molar-refractivity contribution in [3.8, 4) is 11.5 Å². The average molecular weight is 384 g/mol. The molecule has 2 aromatic heterocycles. The predicted octanol–water partition coefficient (Wildman–Crippen LogP) is 2.17. The molecule has 10 heteroatoms. The molecule has 0 aliphatic heterocycles. The molecule has 0 unspecified atom stereocenters. The molecule has 0 atom stereocenters. The first-order chi connectivity index (χ1) is 13.0. The first-order valence-corrected chi connectivity index (χ1v) is 8.04. The first kappa shape index (κ1) is 16.7. The van der Waals surface area contributed by atoms with Crippen molar-refractivity contribution in [1.29, 1.82) is 0 Å². The summed E-state index contributed by atoms with van der Waals surface area (Å²) in [6.07, 6.45) is 0. The molecule has 1 amide bonds. The second-order valence-electron chi connectivity index (χ2n) is 5.54. The van der Waals surface area contributed by atoms with Gasteiger partial charge in [0.1, 0.15) is 0 Å². The molecule has 0 fully saturated rings. The number of rotatable bonds is 3. The average Bonchev–Trinajstić information content (AvgIpc) is 3.11. The van der Waals surface area contributed by atoms with Crippen molar-refractivity contribution < 1.29 is 9.21 Å². The number of hydrogen-bond donors (Lipinski definition) is 3. The lowest BCUT2D eigenvalue weighted by Crippen LogP contribution is -2.29. The Morgan fingerprint density at radius 3 is 2.41 bits per heavy atom. The van der Waals surface area contributed by atoms with E-state index >= 15 is 0 Å². The second-order valence-corrected chi connectivity index (χ2v) is 5.98. The molecule has 0 bridgehead atoms. The van der Waals surface area contributed by atoms with Crippen molar-refractivity contribution in [1.82, 2.24) is 20.2 Å². The van der Waals surface area contributed by atoms with E-state index in [9.17, 15) is 14.4 Å². The van der Waals surface area contributed by atoms with Crippen molar-refractivity contribution in [2.24, 2.45) is 0 Å². The Balaban J connectivity index is 1.58. The molecular formula is C17H10ClN5O4. The number of nitrogens with one attached hydrogen (secondary N) is 3. The van der Waals surface area contributed by atoms with Gasteiger partial charge in [-0.3, -0.25) is 19.7 Å². The number of carbonyl (C=O) groups is 1. The maximum atomic E-state index is 12.4. The Morgan fingerprint density at radius 1 is 0.963 bits per heavy atom. The lowest BCUT2D eigenvalue weighted by atomic mass is 10.2. The summed E-state index contributed by atoms with van der Waals surface area (Å²) in [5, 5.41) is 10.7. The molecule has 0 aliphatic rings. The van der Waals surface area contributed by atoms with Crippen LogP contribution < -0.4 is 16.4 Å². The van der Waals surface area contributed by atoms with E-state index in [0.29, 0.717) is 21.6 Å². The molecule has 4 rings (SSSR count). The third-order valence-corrected chi connectivity index (χ3v) is 3.97. The number of aromatic amines is 2. The monoisotopic (exact) mass is 383 g/mol. The molecule has 27 heavy (non-hydrogen) atoms. The quantitative estimate of drug-likeness (QED) is 0.464. The maximum Gasteiger partial charge on any atom is 0.322 e. The summed E-state index contributed by atoms with van der Waals surface area (Å²) >= 11 is 5.84. The van der Waals surface area contributed by atoms with E-state index in [1.54, 1.807) is 24.3 Å². The minimum Gasteiger partial charge on any atom is -0.403 e. The highest BCUT2D eigenvalue weighted by molar-refractivity contribution is 6.30. The van der Waals surface area contributed by atoms with Crippen LogP contribution in [0.4, 0.5) is 6.01 Å². The van der Waals surface area contributed by atoms with Crippen LogP contribution in [0, 0.1) is 0 Å². The van der Waals surface area contributed by atoms with Gasteiger partial charge in [0.15, 0.2) is 0 Å². The molecule has 134 valence electrons. The largest absolute Gasteiger partial charge is 0.403 e. The molecule has 2 heterocycles. The van der Waals surface area contributed by atoms with Gasteiger partial charge in [-0.25, -0.2) is 0 Å². The predicted molar refractivity (Wildman–Crippen MR) is 97.9 cm³/mol. The number of halogens is 1. The molecule has 2 aromatic carbocycles. The molecule has 0 spiro atoms. The van der Waals surface area contributed by atoms with Crippen LogP contribution in [-0.2, 0) is 0 Å². The van der Waals surface area contributed by atoms with Crippen molar-refractivity contribution in [2.45, 2.75) is 0 Å². The zero-order chi connectivity index (χ0) is 19.0. The summed E-state index contributed by atoms with van der Waals surface area (Å²) in [5.41, 5.74) is 0.0412. The number of H-pyrrole nitrogens is 2. The highest BCUT2D eigenvalue weighted by atomic mass is 35.5. The maximum absolute atomic E-state index is 12.4. The van der Waals surface area contributed by atoms with E-state index in [0.717, 1.165) is 0 Å².